The Bertz CT molecular complexity index is 810. The molecule has 0 heterocycles. The van der Waals surface area contributed by atoms with Crippen LogP contribution in [0.5, 0.6) is 11.5 Å². The maximum atomic E-state index is 12.3. The molecule has 8 nitrogen and oxygen atoms in total. The maximum absolute atomic E-state index is 12.3. The van der Waals surface area contributed by atoms with Gasteiger partial charge in [-0.3, -0.25) is 14.9 Å². The maximum Gasteiger partial charge on any atom is 0.292 e. The topological polar surface area (TPSA) is 95.1 Å². The number of nitrogens with zero attached hydrogens (tertiary/aromatic N) is 1. The lowest BCUT2D eigenvalue weighted by molar-refractivity contribution is -0.885. The largest absolute Gasteiger partial charge is 0.493 e. The number of ether oxygens (including phenoxy) is 2. The van der Waals surface area contributed by atoms with Crippen LogP contribution in [0.25, 0.3) is 0 Å². The normalized spacial score (nSPS) is 11.5. The third-order valence-corrected chi connectivity index (χ3v) is 3.87. The number of nitro groups is 1. The highest BCUT2D eigenvalue weighted by Gasteiger charge is 2.17. The van der Waals surface area contributed by atoms with Crippen LogP contribution in [-0.4, -0.2) is 38.1 Å². The molecule has 2 aromatic carbocycles. The Kier molecular flexibility index (Phi) is 7.13. The van der Waals surface area contributed by atoms with Crippen LogP contribution in [0.3, 0.4) is 0 Å². The lowest BCUT2D eigenvalue weighted by Crippen LogP contribution is -3.08. The van der Waals surface area contributed by atoms with Crippen molar-refractivity contribution < 1.29 is 24.1 Å². The van der Waals surface area contributed by atoms with E-state index in [1.807, 2.05) is 32.2 Å². The molecule has 0 radical (unpaired) electrons. The number of likely N-dealkylation sites (N-methyl/N-ethyl adjacent to an activating group) is 1. The third kappa shape index (κ3) is 5.68. The van der Waals surface area contributed by atoms with Crippen LogP contribution in [0.4, 0.5) is 11.4 Å². The van der Waals surface area contributed by atoms with Gasteiger partial charge >= 0.3 is 0 Å². The summed E-state index contributed by atoms with van der Waals surface area (Å²) in [5.74, 6) is 1.03. The Morgan fingerprint density at radius 1 is 1.22 bits per heavy atom. The number of anilines is 1. The van der Waals surface area contributed by atoms with Gasteiger partial charge in [0.05, 0.1) is 25.7 Å². The second-order valence-corrected chi connectivity index (χ2v) is 6.05. The van der Waals surface area contributed by atoms with Crippen LogP contribution in [-0.2, 0) is 11.3 Å². The quantitative estimate of drug-likeness (QED) is 0.514. The number of hydrogen-bond acceptors (Lipinski definition) is 5. The lowest BCUT2D eigenvalue weighted by atomic mass is 10.2. The summed E-state index contributed by atoms with van der Waals surface area (Å²) in [6.07, 6.45) is 0. The fourth-order valence-electron chi connectivity index (χ4n) is 2.71. The molecular formula is C19H24N3O5+. The summed E-state index contributed by atoms with van der Waals surface area (Å²) >= 11 is 0. The minimum atomic E-state index is -0.515. The SMILES string of the molecule is CCOc1ccc(C[NH+](C)CC(=O)Nc2ccccc2[N+](=O)[O-])cc1OC. The van der Waals surface area contributed by atoms with Crippen molar-refractivity contribution in [1.82, 2.24) is 0 Å². The first-order valence-electron chi connectivity index (χ1n) is 8.58. The summed E-state index contributed by atoms with van der Waals surface area (Å²) in [5, 5.41) is 13.6. The van der Waals surface area contributed by atoms with Crippen LogP contribution < -0.4 is 19.7 Å². The van der Waals surface area contributed by atoms with Gasteiger partial charge in [-0.25, -0.2) is 0 Å². The fourth-order valence-corrected chi connectivity index (χ4v) is 2.71. The van der Waals surface area contributed by atoms with Gasteiger partial charge in [-0.2, -0.15) is 0 Å². The van der Waals surface area contributed by atoms with E-state index in [1.54, 1.807) is 19.2 Å². The Hall–Kier alpha value is -3.13. The Morgan fingerprint density at radius 2 is 1.96 bits per heavy atom. The van der Waals surface area contributed by atoms with Gasteiger partial charge in [-0.05, 0) is 31.2 Å². The molecule has 2 aromatic rings. The first-order valence-corrected chi connectivity index (χ1v) is 8.58. The summed E-state index contributed by atoms with van der Waals surface area (Å²) in [4.78, 5) is 23.7. The minimum Gasteiger partial charge on any atom is -0.493 e. The zero-order chi connectivity index (χ0) is 19.8. The Labute approximate surface area is 157 Å². The number of nitrogens with one attached hydrogen (secondary N) is 2. The van der Waals surface area contributed by atoms with Crippen LogP contribution in [0.15, 0.2) is 42.5 Å². The molecule has 144 valence electrons. The summed E-state index contributed by atoms with van der Waals surface area (Å²) < 4.78 is 10.8. The molecule has 0 aliphatic heterocycles. The first kappa shape index (κ1) is 20.2. The van der Waals surface area contributed by atoms with E-state index in [-0.39, 0.29) is 23.8 Å². The molecule has 0 aliphatic rings. The molecule has 2 rings (SSSR count). The van der Waals surface area contributed by atoms with Crippen molar-refractivity contribution >= 4 is 17.3 Å². The van der Waals surface area contributed by atoms with E-state index < -0.39 is 4.92 Å². The molecular weight excluding hydrogens is 350 g/mol. The van der Waals surface area contributed by atoms with Crippen molar-refractivity contribution in [3.63, 3.8) is 0 Å². The van der Waals surface area contributed by atoms with Crippen LogP contribution in [0, 0.1) is 10.1 Å². The molecule has 2 N–H and O–H groups in total. The van der Waals surface area contributed by atoms with E-state index in [0.29, 0.717) is 24.7 Å². The number of methoxy groups -OCH3 is 1. The molecule has 1 amide bonds. The van der Waals surface area contributed by atoms with Gasteiger partial charge in [0.1, 0.15) is 12.2 Å². The van der Waals surface area contributed by atoms with E-state index >= 15 is 0 Å². The van der Waals surface area contributed by atoms with E-state index in [2.05, 4.69) is 5.32 Å². The van der Waals surface area contributed by atoms with Crippen molar-refractivity contribution in [2.75, 3.05) is 32.6 Å². The minimum absolute atomic E-state index is 0.125. The highest BCUT2D eigenvalue weighted by Crippen LogP contribution is 2.27. The highest BCUT2D eigenvalue weighted by molar-refractivity contribution is 5.93. The number of carbonyl (C=O) groups is 1. The summed E-state index contributed by atoms with van der Waals surface area (Å²) in [5.41, 5.74) is 1.06. The highest BCUT2D eigenvalue weighted by atomic mass is 16.6. The number of carbonyl (C=O) groups excluding carboxylic acids is 1. The Morgan fingerprint density at radius 3 is 2.63 bits per heavy atom. The third-order valence-electron chi connectivity index (χ3n) is 3.87. The van der Waals surface area contributed by atoms with Gasteiger partial charge in [-0.1, -0.05) is 12.1 Å². The average Bonchev–Trinajstić information content (AvgIpc) is 2.63. The first-order chi connectivity index (χ1) is 12.9. The Balaban J connectivity index is 1.98. The number of rotatable bonds is 9. The lowest BCUT2D eigenvalue weighted by Gasteiger charge is -2.15. The van der Waals surface area contributed by atoms with Crippen molar-refractivity contribution in [2.45, 2.75) is 13.5 Å². The van der Waals surface area contributed by atoms with Gasteiger partial charge < -0.3 is 19.7 Å². The summed E-state index contributed by atoms with van der Waals surface area (Å²) in [7, 11) is 3.46. The predicted octanol–water partition coefficient (Wildman–Crippen LogP) is 1.66. The molecule has 0 bridgehead atoms. The van der Waals surface area contributed by atoms with E-state index in [9.17, 15) is 14.9 Å². The van der Waals surface area contributed by atoms with E-state index in [4.69, 9.17) is 9.47 Å². The van der Waals surface area contributed by atoms with Gasteiger partial charge in [0.15, 0.2) is 18.0 Å². The number of benzene rings is 2. The fraction of sp³-hybridized carbons (Fsp3) is 0.316. The molecule has 8 heteroatoms. The zero-order valence-corrected chi connectivity index (χ0v) is 15.7. The monoisotopic (exact) mass is 374 g/mol. The molecule has 1 atom stereocenters. The number of para-hydroxylation sites is 2. The molecule has 0 aromatic heterocycles. The van der Waals surface area contributed by atoms with Crippen molar-refractivity contribution in [1.29, 1.82) is 0 Å². The summed E-state index contributed by atoms with van der Waals surface area (Å²) in [6, 6.07) is 11.7. The second kappa shape index (κ2) is 9.54. The van der Waals surface area contributed by atoms with Gasteiger partial charge in [0.25, 0.3) is 11.6 Å². The van der Waals surface area contributed by atoms with Crippen molar-refractivity contribution in [3.8, 4) is 11.5 Å². The number of quaternary nitrogens is 1. The molecule has 27 heavy (non-hydrogen) atoms. The number of nitro benzene ring substituents is 1. The van der Waals surface area contributed by atoms with Crippen LogP contribution in [0.2, 0.25) is 0 Å². The number of hydrogen-bond donors (Lipinski definition) is 2. The molecule has 0 saturated carbocycles. The van der Waals surface area contributed by atoms with Gasteiger partial charge in [0, 0.05) is 11.6 Å². The molecule has 0 fully saturated rings. The van der Waals surface area contributed by atoms with Gasteiger partial charge in [-0.15, -0.1) is 0 Å². The van der Waals surface area contributed by atoms with E-state index in [1.165, 1.54) is 12.1 Å². The average molecular weight is 374 g/mol. The smallest absolute Gasteiger partial charge is 0.292 e. The standard InChI is InChI=1S/C19H23N3O5/c1-4-27-17-10-9-14(11-18(17)26-3)12-21(2)13-19(23)20-15-7-5-6-8-16(15)22(24)25/h5-11H,4,12-13H2,1-3H3,(H,20,23)/p+1. The zero-order valence-electron chi connectivity index (χ0n) is 15.7. The van der Waals surface area contributed by atoms with Gasteiger partial charge in [0.2, 0.25) is 0 Å². The predicted molar refractivity (Wildman–Crippen MR) is 101 cm³/mol. The van der Waals surface area contributed by atoms with Crippen LogP contribution >= 0.6 is 0 Å². The van der Waals surface area contributed by atoms with Crippen LogP contribution in [0.1, 0.15) is 12.5 Å². The second-order valence-electron chi connectivity index (χ2n) is 6.05. The summed E-state index contributed by atoms with van der Waals surface area (Å²) in [6.45, 7) is 3.21. The number of amides is 1. The molecule has 0 aliphatic carbocycles. The molecule has 0 saturated heterocycles. The van der Waals surface area contributed by atoms with Crippen molar-refractivity contribution in [3.05, 3.63) is 58.1 Å². The van der Waals surface area contributed by atoms with E-state index in [0.717, 1.165) is 10.5 Å². The molecule has 1 unspecified atom stereocenters. The van der Waals surface area contributed by atoms with Crippen molar-refractivity contribution in [2.24, 2.45) is 0 Å². The molecule has 0 spiro atoms.